The van der Waals surface area contributed by atoms with Gasteiger partial charge in [-0.15, -0.1) is 0 Å². The van der Waals surface area contributed by atoms with Gasteiger partial charge in [-0.25, -0.2) is 4.79 Å². The average molecular weight is 296 g/mol. The van der Waals surface area contributed by atoms with Crippen molar-refractivity contribution in [1.29, 1.82) is 5.26 Å². The fraction of sp³-hybridized carbons (Fsp3) is 0.875. The first-order chi connectivity index (χ1) is 9.44. The van der Waals surface area contributed by atoms with Crippen LogP contribution < -0.4 is 5.32 Å². The zero-order chi connectivity index (χ0) is 16.5. The minimum Gasteiger partial charge on any atom is -0.444 e. The average Bonchev–Trinajstić information content (AvgIpc) is 2.21. The van der Waals surface area contributed by atoms with Gasteiger partial charge in [-0.05, 0) is 51.9 Å². The van der Waals surface area contributed by atoms with E-state index in [9.17, 15) is 9.90 Å². The third-order valence-corrected chi connectivity index (χ3v) is 4.89. The molecule has 1 fully saturated rings. The summed E-state index contributed by atoms with van der Waals surface area (Å²) in [5, 5.41) is 22.1. The first-order valence-electron chi connectivity index (χ1n) is 7.53. The van der Waals surface area contributed by atoms with Crippen LogP contribution in [-0.4, -0.2) is 28.4 Å². The summed E-state index contributed by atoms with van der Waals surface area (Å²) in [7, 11) is 0. The summed E-state index contributed by atoms with van der Waals surface area (Å²) in [5.74, 6) is 0.375. The highest BCUT2D eigenvalue weighted by Gasteiger charge is 2.53. The normalized spacial score (nSPS) is 20.7. The van der Waals surface area contributed by atoms with Gasteiger partial charge in [0.15, 0.2) is 6.10 Å². The second kappa shape index (κ2) is 5.84. The van der Waals surface area contributed by atoms with E-state index in [-0.39, 0.29) is 0 Å². The highest BCUT2D eigenvalue weighted by molar-refractivity contribution is 5.69. The molecular weight excluding hydrogens is 268 g/mol. The van der Waals surface area contributed by atoms with E-state index in [2.05, 4.69) is 5.32 Å². The second-order valence-electron chi connectivity index (χ2n) is 7.71. The number of amides is 1. The zero-order valence-electron chi connectivity index (χ0n) is 14.0. The van der Waals surface area contributed by atoms with Gasteiger partial charge in [-0.1, -0.05) is 20.3 Å². The van der Waals surface area contributed by atoms with Gasteiger partial charge in [0.2, 0.25) is 0 Å². The Kier molecular flexibility index (Phi) is 4.94. The first-order valence-corrected chi connectivity index (χ1v) is 7.53. The van der Waals surface area contributed by atoms with Crippen LogP contribution in [0.1, 0.15) is 60.8 Å². The molecule has 0 bridgehead atoms. The number of carbonyl (C=O) groups excluding carboxylic acids is 1. The number of aliphatic hydroxyl groups excluding tert-OH is 1. The second-order valence-corrected chi connectivity index (χ2v) is 7.71. The van der Waals surface area contributed by atoms with Gasteiger partial charge in [-0.3, -0.25) is 0 Å². The monoisotopic (exact) mass is 296 g/mol. The van der Waals surface area contributed by atoms with E-state index in [1.165, 1.54) is 0 Å². The maximum atomic E-state index is 12.1. The Bertz CT molecular complexity index is 430. The molecule has 0 aromatic rings. The summed E-state index contributed by atoms with van der Waals surface area (Å²) in [4.78, 5) is 12.1. The topological polar surface area (TPSA) is 82.3 Å². The number of aliphatic hydroxyl groups is 1. The SMILES string of the molecule is CC(C)(C)OC(=O)NC(C)(C(O)C#N)C(C)(C)C1CCC1. The van der Waals surface area contributed by atoms with Crippen molar-refractivity contribution < 1.29 is 14.6 Å². The van der Waals surface area contributed by atoms with Crippen molar-refractivity contribution >= 4 is 6.09 Å². The third kappa shape index (κ3) is 3.68. The molecule has 0 heterocycles. The van der Waals surface area contributed by atoms with Crippen LogP contribution >= 0.6 is 0 Å². The number of nitrogens with zero attached hydrogens (tertiary/aromatic N) is 1. The largest absolute Gasteiger partial charge is 0.444 e. The van der Waals surface area contributed by atoms with Crippen LogP contribution in [0.5, 0.6) is 0 Å². The lowest BCUT2D eigenvalue weighted by molar-refractivity contribution is -0.0431. The molecule has 2 atom stereocenters. The highest BCUT2D eigenvalue weighted by Crippen LogP contribution is 2.49. The van der Waals surface area contributed by atoms with Gasteiger partial charge in [0.05, 0.1) is 11.6 Å². The number of rotatable bonds is 4. The number of hydrogen-bond donors (Lipinski definition) is 2. The molecule has 0 radical (unpaired) electrons. The van der Waals surface area contributed by atoms with E-state index < -0.39 is 28.8 Å². The highest BCUT2D eigenvalue weighted by atomic mass is 16.6. The summed E-state index contributed by atoms with van der Waals surface area (Å²) < 4.78 is 5.28. The van der Waals surface area contributed by atoms with Crippen LogP contribution in [0.3, 0.4) is 0 Å². The van der Waals surface area contributed by atoms with Crippen LogP contribution in [-0.2, 0) is 4.74 Å². The van der Waals surface area contributed by atoms with Crippen molar-refractivity contribution in [3.05, 3.63) is 0 Å². The van der Waals surface area contributed by atoms with Gasteiger partial charge in [0, 0.05) is 0 Å². The molecular formula is C16H28N2O3. The Morgan fingerprint density at radius 3 is 2.14 bits per heavy atom. The molecule has 1 saturated carbocycles. The Hall–Kier alpha value is -1.28. The van der Waals surface area contributed by atoms with Crippen molar-refractivity contribution in [2.24, 2.45) is 11.3 Å². The Labute approximate surface area is 127 Å². The van der Waals surface area contributed by atoms with Crippen molar-refractivity contribution in [3.8, 4) is 6.07 Å². The maximum Gasteiger partial charge on any atom is 0.408 e. The number of nitriles is 1. The minimum atomic E-state index is -1.29. The van der Waals surface area contributed by atoms with Gasteiger partial charge in [0.25, 0.3) is 0 Å². The molecule has 5 heteroatoms. The summed E-state index contributed by atoms with van der Waals surface area (Å²) in [6, 6.07) is 1.87. The molecule has 0 aromatic heterocycles. The lowest BCUT2D eigenvalue weighted by atomic mass is 9.57. The van der Waals surface area contributed by atoms with E-state index in [0.29, 0.717) is 5.92 Å². The molecule has 0 saturated heterocycles. The molecule has 1 amide bonds. The van der Waals surface area contributed by atoms with Gasteiger partial charge in [0.1, 0.15) is 5.60 Å². The van der Waals surface area contributed by atoms with E-state index >= 15 is 0 Å². The number of alkyl carbamates (subject to hydrolysis) is 1. The quantitative estimate of drug-likeness (QED) is 0.781. The number of ether oxygens (including phenoxy) is 1. The standard InChI is InChI=1S/C16H28N2O3/c1-14(2,3)21-13(20)18-16(6,12(19)10-17)15(4,5)11-8-7-9-11/h11-12,19H,7-9H2,1-6H3,(H,18,20). The van der Waals surface area contributed by atoms with Gasteiger partial charge < -0.3 is 15.2 Å². The Balaban J connectivity index is 2.99. The number of hydrogen-bond acceptors (Lipinski definition) is 4. The Morgan fingerprint density at radius 2 is 1.81 bits per heavy atom. The summed E-state index contributed by atoms with van der Waals surface area (Å²) in [6.07, 6.45) is 1.36. The molecule has 120 valence electrons. The lowest BCUT2D eigenvalue weighted by Gasteiger charge is -2.52. The summed E-state index contributed by atoms with van der Waals surface area (Å²) in [5.41, 5.74) is -2.09. The third-order valence-electron chi connectivity index (χ3n) is 4.89. The maximum absolute atomic E-state index is 12.1. The van der Waals surface area contributed by atoms with Crippen LogP contribution in [0.2, 0.25) is 0 Å². The molecule has 5 nitrogen and oxygen atoms in total. The predicted molar refractivity (Wildman–Crippen MR) is 80.5 cm³/mol. The van der Waals surface area contributed by atoms with Crippen molar-refractivity contribution in [2.75, 3.05) is 0 Å². The molecule has 2 N–H and O–H groups in total. The van der Waals surface area contributed by atoms with Crippen molar-refractivity contribution in [1.82, 2.24) is 5.32 Å². The molecule has 0 aromatic carbocycles. The molecule has 1 rings (SSSR count). The van der Waals surface area contributed by atoms with Gasteiger partial charge >= 0.3 is 6.09 Å². The van der Waals surface area contributed by atoms with Crippen LogP contribution in [0.25, 0.3) is 0 Å². The molecule has 2 unspecified atom stereocenters. The van der Waals surface area contributed by atoms with E-state index in [1.54, 1.807) is 27.7 Å². The molecule has 1 aliphatic rings. The predicted octanol–water partition coefficient (Wildman–Crippen LogP) is 2.98. The Morgan fingerprint density at radius 1 is 1.29 bits per heavy atom. The van der Waals surface area contributed by atoms with Gasteiger partial charge in [-0.2, -0.15) is 5.26 Å². The van der Waals surface area contributed by atoms with Crippen LogP contribution in [0.4, 0.5) is 4.79 Å². The lowest BCUT2D eigenvalue weighted by Crippen LogP contribution is -2.65. The summed E-state index contributed by atoms with van der Waals surface area (Å²) >= 11 is 0. The number of nitrogens with one attached hydrogen (secondary N) is 1. The fourth-order valence-corrected chi connectivity index (χ4v) is 2.78. The fourth-order valence-electron chi connectivity index (χ4n) is 2.78. The first kappa shape index (κ1) is 17.8. The summed E-state index contributed by atoms with van der Waals surface area (Å²) in [6.45, 7) is 11.1. The molecule has 21 heavy (non-hydrogen) atoms. The van der Waals surface area contributed by atoms with Crippen molar-refractivity contribution in [3.63, 3.8) is 0 Å². The molecule has 0 aliphatic heterocycles. The van der Waals surface area contributed by atoms with E-state index in [0.717, 1.165) is 19.3 Å². The minimum absolute atomic E-state index is 0.375. The van der Waals surface area contributed by atoms with E-state index in [4.69, 9.17) is 10.00 Å². The van der Waals surface area contributed by atoms with Crippen molar-refractivity contribution in [2.45, 2.75) is 78.0 Å². The number of carbonyl (C=O) groups is 1. The smallest absolute Gasteiger partial charge is 0.408 e. The zero-order valence-corrected chi connectivity index (χ0v) is 14.0. The van der Waals surface area contributed by atoms with E-state index in [1.807, 2.05) is 19.9 Å². The van der Waals surface area contributed by atoms with Crippen LogP contribution in [0.15, 0.2) is 0 Å². The molecule has 0 spiro atoms. The molecule has 1 aliphatic carbocycles. The van der Waals surface area contributed by atoms with Crippen LogP contribution in [0, 0.1) is 22.7 Å².